The number of hydrogen-bond acceptors (Lipinski definition) is 7. The van der Waals surface area contributed by atoms with E-state index in [-0.39, 0.29) is 32.3 Å². The maximum Gasteiger partial charge on any atom is 0.126 e. The Kier molecular flexibility index (Phi) is 11.3. The molecule has 0 saturated carbocycles. The molecule has 2 aromatic rings. The average Bonchev–Trinajstić information content (AvgIpc) is 2.79. The van der Waals surface area contributed by atoms with Gasteiger partial charge in [-0.15, -0.1) is 23.5 Å². The van der Waals surface area contributed by atoms with Crippen LogP contribution in [0.15, 0.2) is 34.1 Å². The Morgan fingerprint density at radius 2 is 0.929 bits per heavy atom. The second kappa shape index (κ2) is 12.9. The smallest absolute Gasteiger partial charge is 0.126 e. The van der Waals surface area contributed by atoms with E-state index in [9.17, 15) is 20.4 Å². The van der Waals surface area contributed by atoms with Crippen LogP contribution in [0.2, 0.25) is 0 Å². The number of aromatic hydroxyl groups is 1. The number of ether oxygens (including phenoxy) is 1. The zero-order valence-corrected chi connectivity index (χ0v) is 30.0. The first kappa shape index (κ1) is 36.8. The minimum atomic E-state index is -1.26. The molecule has 2 unspecified atom stereocenters. The first-order valence-electron chi connectivity index (χ1n) is 14.8. The van der Waals surface area contributed by atoms with Gasteiger partial charge in [-0.1, -0.05) is 83.1 Å². The van der Waals surface area contributed by atoms with E-state index in [1.54, 1.807) is 23.5 Å². The van der Waals surface area contributed by atoms with Gasteiger partial charge in [-0.25, -0.2) is 0 Å². The predicted octanol–water partition coefficient (Wildman–Crippen LogP) is 8.30. The lowest BCUT2D eigenvalue weighted by molar-refractivity contribution is -0.0344. The molecule has 0 spiro atoms. The van der Waals surface area contributed by atoms with Crippen LogP contribution in [-0.4, -0.2) is 49.9 Å². The van der Waals surface area contributed by atoms with Crippen LogP contribution in [0.3, 0.4) is 0 Å². The first-order valence-corrected chi connectivity index (χ1v) is 16.5. The molecule has 4 N–H and O–H groups in total. The molecule has 0 heterocycles. The lowest BCUT2D eigenvalue weighted by Crippen LogP contribution is -2.35. The molecule has 0 aliphatic rings. The summed E-state index contributed by atoms with van der Waals surface area (Å²) in [6, 6.07) is 8.65. The standard InChI is InChI=1S/C35H56O5S2/c1-31(2,3)23-15-21(16-24(29(23)39)32(4,5)6)41-35(13,14)42-22-17-25(33(7,8)9)30(26(18-22)34(10,11)12)40-20-28(38)27(37)19-36/h15-18,27-28,36-39H,19-20H2,1-14H3. The molecule has 42 heavy (non-hydrogen) atoms. The van der Waals surface area contributed by atoms with Gasteiger partial charge in [0, 0.05) is 32.0 Å². The van der Waals surface area contributed by atoms with Crippen molar-refractivity contribution in [2.24, 2.45) is 0 Å². The molecule has 5 nitrogen and oxygen atoms in total. The van der Waals surface area contributed by atoms with Crippen LogP contribution in [0.5, 0.6) is 11.5 Å². The molecule has 238 valence electrons. The summed E-state index contributed by atoms with van der Waals surface area (Å²) in [5, 5.41) is 40.7. The quantitative estimate of drug-likeness (QED) is 0.166. The van der Waals surface area contributed by atoms with Crippen molar-refractivity contribution in [3.63, 3.8) is 0 Å². The SMILES string of the molecule is CC(C)(Sc1cc(C(C)(C)C)c(O)c(C(C)(C)C)c1)Sc1cc(C(C)(C)C)c(OCC(O)C(O)CO)c(C(C)(C)C)c1. The molecular formula is C35H56O5S2. The second-order valence-corrected chi connectivity index (χ2v) is 19.6. The van der Waals surface area contributed by atoms with Crippen LogP contribution in [0.25, 0.3) is 0 Å². The van der Waals surface area contributed by atoms with Crippen molar-refractivity contribution in [2.75, 3.05) is 13.2 Å². The number of phenols is 1. The molecule has 0 aromatic heterocycles. The van der Waals surface area contributed by atoms with Crippen LogP contribution in [0.4, 0.5) is 0 Å². The molecule has 0 aliphatic heterocycles. The second-order valence-electron chi connectivity index (χ2n) is 15.9. The highest BCUT2D eigenvalue weighted by atomic mass is 32.2. The predicted molar refractivity (Wildman–Crippen MR) is 180 cm³/mol. The van der Waals surface area contributed by atoms with Crippen molar-refractivity contribution in [1.82, 2.24) is 0 Å². The summed E-state index contributed by atoms with van der Waals surface area (Å²) >= 11 is 3.59. The third-order valence-electron chi connectivity index (χ3n) is 7.13. The third-order valence-corrected chi connectivity index (χ3v) is 9.56. The zero-order valence-electron chi connectivity index (χ0n) is 28.4. The molecule has 2 rings (SSSR count). The Morgan fingerprint density at radius 3 is 1.24 bits per heavy atom. The summed E-state index contributed by atoms with van der Waals surface area (Å²) < 4.78 is 5.99. The lowest BCUT2D eigenvalue weighted by Gasteiger charge is -2.33. The maximum absolute atomic E-state index is 11.2. The highest BCUT2D eigenvalue weighted by Gasteiger charge is 2.32. The summed E-state index contributed by atoms with van der Waals surface area (Å²) in [7, 11) is 0. The molecule has 0 fully saturated rings. The van der Waals surface area contributed by atoms with Gasteiger partial charge in [0.15, 0.2) is 0 Å². The molecule has 0 bridgehead atoms. The Hall–Kier alpha value is -1.38. The first-order chi connectivity index (χ1) is 18.8. The summed E-state index contributed by atoms with van der Waals surface area (Å²) in [4.78, 5) is 2.25. The number of hydrogen-bond donors (Lipinski definition) is 4. The van der Waals surface area contributed by atoms with E-state index in [1.165, 1.54) is 0 Å². The van der Waals surface area contributed by atoms with Crippen molar-refractivity contribution >= 4 is 23.5 Å². The summed E-state index contributed by atoms with van der Waals surface area (Å²) in [6.45, 7) is 29.5. The van der Waals surface area contributed by atoms with Gasteiger partial charge in [-0.05, 0) is 59.8 Å². The van der Waals surface area contributed by atoms with Crippen LogP contribution >= 0.6 is 23.5 Å². The van der Waals surface area contributed by atoms with E-state index in [0.717, 1.165) is 37.8 Å². The van der Waals surface area contributed by atoms with Gasteiger partial charge in [0.25, 0.3) is 0 Å². The molecule has 0 saturated heterocycles. The van der Waals surface area contributed by atoms with E-state index >= 15 is 0 Å². The van der Waals surface area contributed by atoms with Crippen molar-refractivity contribution in [3.05, 3.63) is 46.5 Å². The summed E-state index contributed by atoms with van der Waals surface area (Å²) in [6.07, 6.45) is -2.45. The fourth-order valence-corrected chi connectivity index (χ4v) is 7.32. The monoisotopic (exact) mass is 620 g/mol. The van der Waals surface area contributed by atoms with Crippen molar-refractivity contribution < 1.29 is 25.2 Å². The van der Waals surface area contributed by atoms with Gasteiger partial charge in [-0.3, -0.25) is 0 Å². The van der Waals surface area contributed by atoms with Gasteiger partial charge in [0.1, 0.15) is 30.3 Å². The van der Waals surface area contributed by atoms with Crippen LogP contribution < -0.4 is 4.74 Å². The molecule has 0 aliphatic carbocycles. The molecule has 0 amide bonds. The van der Waals surface area contributed by atoms with Crippen LogP contribution in [-0.2, 0) is 21.7 Å². The van der Waals surface area contributed by atoms with Crippen molar-refractivity contribution in [1.29, 1.82) is 0 Å². The third kappa shape index (κ3) is 9.56. The van der Waals surface area contributed by atoms with E-state index in [2.05, 4.69) is 121 Å². The van der Waals surface area contributed by atoms with Gasteiger partial charge in [0.05, 0.1) is 10.7 Å². The topological polar surface area (TPSA) is 90.2 Å². The largest absolute Gasteiger partial charge is 0.507 e. The van der Waals surface area contributed by atoms with Crippen LogP contribution in [0.1, 0.15) is 119 Å². The molecule has 2 atom stereocenters. The molecule has 0 radical (unpaired) electrons. The molecule has 2 aromatic carbocycles. The van der Waals surface area contributed by atoms with Gasteiger partial charge in [-0.2, -0.15) is 0 Å². The lowest BCUT2D eigenvalue weighted by atomic mass is 9.79. The zero-order chi connectivity index (χ0) is 32.6. The van der Waals surface area contributed by atoms with Gasteiger partial charge >= 0.3 is 0 Å². The number of benzene rings is 2. The van der Waals surface area contributed by atoms with E-state index in [1.807, 2.05) is 0 Å². The van der Waals surface area contributed by atoms with E-state index < -0.39 is 18.8 Å². The highest BCUT2D eigenvalue weighted by Crippen LogP contribution is 2.51. The minimum absolute atomic E-state index is 0.116. The van der Waals surface area contributed by atoms with Crippen molar-refractivity contribution in [3.8, 4) is 11.5 Å². The van der Waals surface area contributed by atoms with Crippen molar-refractivity contribution in [2.45, 2.75) is 145 Å². The Bertz CT molecular complexity index is 1150. The number of phenolic OH excluding ortho intramolecular Hbond substituents is 1. The fraction of sp³-hybridized carbons (Fsp3) is 0.657. The summed E-state index contributed by atoms with van der Waals surface area (Å²) in [5.74, 6) is 1.11. The Balaban J connectivity index is 2.60. The molecular weight excluding hydrogens is 565 g/mol. The normalized spacial score (nSPS) is 15.1. The Morgan fingerprint density at radius 1 is 0.595 bits per heavy atom. The Labute approximate surface area is 263 Å². The van der Waals surface area contributed by atoms with E-state index in [0.29, 0.717) is 5.75 Å². The minimum Gasteiger partial charge on any atom is -0.507 e. The molecule has 7 heteroatoms. The maximum atomic E-state index is 11.2. The van der Waals surface area contributed by atoms with E-state index in [4.69, 9.17) is 4.74 Å². The number of aliphatic hydroxyl groups is 3. The number of thioether (sulfide) groups is 2. The average molecular weight is 621 g/mol. The fourth-order valence-electron chi connectivity index (χ4n) is 4.73. The summed E-state index contributed by atoms with van der Waals surface area (Å²) in [5.41, 5.74) is 3.08. The van der Waals surface area contributed by atoms with Gasteiger partial charge < -0.3 is 25.2 Å². The number of aliphatic hydroxyl groups excluding tert-OH is 3. The van der Waals surface area contributed by atoms with Gasteiger partial charge in [0.2, 0.25) is 0 Å². The number of rotatable bonds is 9. The highest BCUT2D eigenvalue weighted by molar-refractivity contribution is 8.18. The van der Waals surface area contributed by atoms with Crippen LogP contribution in [0, 0.1) is 0 Å².